The molecule has 3 aromatic rings. The maximum absolute atomic E-state index is 5.60. The van der Waals surface area contributed by atoms with Gasteiger partial charge in [0.05, 0.1) is 12.0 Å². The summed E-state index contributed by atoms with van der Waals surface area (Å²) in [6.45, 7) is 0.383. The molecule has 0 unspecified atom stereocenters. The molecule has 0 aliphatic heterocycles. The molecule has 2 heteroatoms. The molecule has 0 spiro atoms. The first-order valence-electron chi connectivity index (χ1n) is 7.52. The van der Waals surface area contributed by atoms with E-state index >= 15 is 0 Å². The lowest BCUT2D eigenvalue weighted by molar-refractivity contribution is 0.189. The summed E-state index contributed by atoms with van der Waals surface area (Å²) in [5, 5.41) is 0. The Kier molecular flexibility index (Phi) is 5.12. The SMILES string of the molecule is Cl[C]OCC(c1ccccc1)(c1ccccc1)c1ccccc1. The van der Waals surface area contributed by atoms with Gasteiger partial charge in [0.1, 0.15) is 0 Å². The van der Waals surface area contributed by atoms with E-state index in [0.29, 0.717) is 6.61 Å². The number of benzene rings is 3. The zero-order chi connectivity index (χ0) is 16.0. The van der Waals surface area contributed by atoms with Crippen molar-refractivity contribution in [3.63, 3.8) is 0 Å². The van der Waals surface area contributed by atoms with Crippen molar-refractivity contribution in [2.45, 2.75) is 5.41 Å². The third-order valence-corrected chi connectivity index (χ3v) is 4.25. The summed E-state index contributed by atoms with van der Waals surface area (Å²) in [5.74, 6) is 0. The zero-order valence-corrected chi connectivity index (χ0v) is 13.4. The minimum Gasteiger partial charge on any atom is -0.350 e. The molecule has 114 valence electrons. The average molecular weight is 321 g/mol. The Morgan fingerprint density at radius 1 is 0.652 bits per heavy atom. The third-order valence-electron chi connectivity index (χ3n) is 4.14. The van der Waals surface area contributed by atoms with Crippen LogP contribution in [-0.4, -0.2) is 6.61 Å². The van der Waals surface area contributed by atoms with E-state index in [-0.39, 0.29) is 0 Å². The number of halogens is 1. The quantitative estimate of drug-likeness (QED) is 0.562. The van der Waals surface area contributed by atoms with Gasteiger partial charge in [-0.25, -0.2) is 0 Å². The lowest BCUT2D eigenvalue weighted by Gasteiger charge is -2.35. The standard InChI is InChI=1S/C21H17ClO/c22-17-23-16-21(18-10-4-1-5-11-18,19-12-6-2-7-13-19)20-14-8-3-9-15-20/h1-15H,16H2. The van der Waals surface area contributed by atoms with Gasteiger partial charge in [0, 0.05) is 0 Å². The summed E-state index contributed by atoms with van der Waals surface area (Å²) in [4.78, 5) is 0. The minimum atomic E-state index is -0.439. The molecule has 2 radical (unpaired) electrons. The van der Waals surface area contributed by atoms with Gasteiger partial charge in [-0.15, -0.1) is 0 Å². The number of hydrogen-bond acceptors (Lipinski definition) is 1. The summed E-state index contributed by atoms with van der Waals surface area (Å²) in [5.41, 5.74) is 3.03. The summed E-state index contributed by atoms with van der Waals surface area (Å²) < 4.78 is 5.48. The molecule has 0 amide bonds. The lowest BCUT2D eigenvalue weighted by atomic mass is 9.70. The van der Waals surface area contributed by atoms with E-state index in [9.17, 15) is 0 Å². The van der Waals surface area contributed by atoms with Crippen molar-refractivity contribution >= 4 is 11.6 Å². The highest BCUT2D eigenvalue weighted by atomic mass is 35.5. The predicted molar refractivity (Wildman–Crippen MR) is 94.3 cm³/mol. The molecule has 3 aromatic carbocycles. The molecule has 0 fully saturated rings. The summed E-state index contributed by atoms with van der Waals surface area (Å²) in [6.07, 6.45) is 0. The molecule has 0 N–H and O–H groups in total. The van der Waals surface area contributed by atoms with Crippen molar-refractivity contribution < 1.29 is 4.74 Å². The van der Waals surface area contributed by atoms with Crippen LogP contribution in [0.5, 0.6) is 0 Å². The van der Waals surface area contributed by atoms with Gasteiger partial charge in [0.25, 0.3) is 0 Å². The highest BCUT2D eigenvalue weighted by Gasteiger charge is 2.36. The topological polar surface area (TPSA) is 9.23 Å². The molecule has 0 heterocycles. The molecular formula is C21H17ClO. The molecule has 3 rings (SSSR count). The van der Waals surface area contributed by atoms with Crippen molar-refractivity contribution in [1.29, 1.82) is 0 Å². The van der Waals surface area contributed by atoms with Crippen molar-refractivity contribution in [3.05, 3.63) is 114 Å². The molecule has 0 atom stereocenters. The van der Waals surface area contributed by atoms with E-state index in [0.717, 1.165) is 16.7 Å². The second kappa shape index (κ2) is 7.45. The second-order valence-corrected chi connectivity index (χ2v) is 5.52. The summed E-state index contributed by atoms with van der Waals surface area (Å²) in [6, 6.07) is 33.4. The molecule has 0 bridgehead atoms. The van der Waals surface area contributed by atoms with Gasteiger partial charge in [0.15, 0.2) is 0 Å². The molecule has 23 heavy (non-hydrogen) atoms. The summed E-state index contributed by atoms with van der Waals surface area (Å²) in [7, 11) is 0. The number of hydrogen-bond donors (Lipinski definition) is 0. The second-order valence-electron chi connectivity index (χ2n) is 5.37. The van der Waals surface area contributed by atoms with Crippen LogP contribution in [0.1, 0.15) is 16.7 Å². The van der Waals surface area contributed by atoms with Gasteiger partial charge in [-0.2, -0.15) is 0 Å². The van der Waals surface area contributed by atoms with Crippen molar-refractivity contribution in [3.8, 4) is 0 Å². The highest BCUT2D eigenvalue weighted by molar-refractivity contribution is 6.22. The van der Waals surface area contributed by atoms with Crippen LogP contribution in [0.2, 0.25) is 0 Å². The monoisotopic (exact) mass is 320 g/mol. The molecule has 1 nitrogen and oxygen atoms in total. The fourth-order valence-electron chi connectivity index (χ4n) is 3.05. The predicted octanol–water partition coefficient (Wildman–Crippen LogP) is 5.27. The first-order chi connectivity index (χ1) is 11.4. The van der Waals surface area contributed by atoms with E-state index in [2.05, 4.69) is 42.5 Å². The molecular weight excluding hydrogens is 304 g/mol. The molecule has 0 aliphatic carbocycles. The maximum Gasteiger partial charge on any atom is 0.236 e. The van der Waals surface area contributed by atoms with Gasteiger partial charge in [-0.3, -0.25) is 0 Å². The van der Waals surface area contributed by atoms with Gasteiger partial charge >= 0.3 is 0 Å². The van der Waals surface area contributed by atoms with Gasteiger partial charge in [-0.1, -0.05) is 103 Å². The van der Waals surface area contributed by atoms with Crippen LogP contribution < -0.4 is 0 Å². The van der Waals surface area contributed by atoms with Crippen LogP contribution >= 0.6 is 11.6 Å². The van der Waals surface area contributed by atoms with Crippen molar-refractivity contribution in [2.24, 2.45) is 0 Å². The maximum atomic E-state index is 5.60. The van der Waals surface area contributed by atoms with Crippen LogP contribution in [0.4, 0.5) is 0 Å². The zero-order valence-electron chi connectivity index (χ0n) is 12.7. The smallest absolute Gasteiger partial charge is 0.236 e. The third kappa shape index (κ3) is 3.17. The van der Waals surface area contributed by atoms with Gasteiger partial charge in [0.2, 0.25) is 6.07 Å². The Hall–Kier alpha value is -2.09. The van der Waals surface area contributed by atoms with E-state index in [1.165, 1.54) is 0 Å². The Balaban J connectivity index is 2.25. The fraction of sp³-hybridized carbons (Fsp3) is 0.0952. The van der Waals surface area contributed by atoms with Crippen molar-refractivity contribution in [2.75, 3.05) is 6.61 Å². The fourth-order valence-corrected chi connectivity index (χ4v) is 3.11. The molecule has 0 saturated carbocycles. The molecule has 0 saturated heterocycles. The normalized spacial score (nSPS) is 11.3. The van der Waals surface area contributed by atoms with E-state index in [4.69, 9.17) is 16.3 Å². The summed E-state index contributed by atoms with van der Waals surface area (Å²) >= 11 is 5.60. The van der Waals surface area contributed by atoms with E-state index in [1.54, 1.807) is 0 Å². The Labute approximate surface area is 142 Å². The van der Waals surface area contributed by atoms with Crippen molar-refractivity contribution in [1.82, 2.24) is 0 Å². The van der Waals surface area contributed by atoms with Gasteiger partial charge in [-0.05, 0) is 16.7 Å². The Bertz CT molecular complexity index is 614. The molecule has 0 aromatic heterocycles. The largest absolute Gasteiger partial charge is 0.350 e. The lowest BCUT2D eigenvalue weighted by Crippen LogP contribution is -2.34. The number of ether oxygens (including phenoxy) is 1. The van der Waals surface area contributed by atoms with E-state index in [1.807, 2.05) is 54.6 Å². The number of rotatable bonds is 6. The first kappa shape index (κ1) is 15.8. The van der Waals surface area contributed by atoms with Crippen LogP contribution in [0.25, 0.3) is 0 Å². The first-order valence-corrected chi connectivity index (χ1v) is 7.90. The highest BCUT2D eigenvalue weighted by Crippen LogP contribution is 2.39. The van der Waals surface area contributed by atoms with Crippen LogP contribution in [0.15, 0.2) is 91.0 Å². The Morgan fingerprint density at radius 3 is 1.30 bits per heavy atom. The van der Waals surface area contributed by atoms with Crippen LogP contribution in [-0.2, 0) is 10.2 Å². The Morgan fingerprint density at radius 2 is 1.00 bits per heavy atom. The average Bonchev–Trinajstić information content (AvgIpc) is 2.65. The van der Waals surface area contributed by atoms with Crippen LogP contribution in [0.3, 0.4) is 0 Å². The van der Waals surface area contributed by atoms with Crippen LogP contribution in [0, 0.1) is 6.07 Å². The minimum absolute atomic E-state index is 0.383. The van der Waals surface area contributed by atoms with E-state index < -0.39 is 5.41 Å². The van der Waals surface area contributed by atoms with Gasteiger partial charge < -0.3 is 4.74 Å². The molecule has 0 aliphatic rings.